The fourth-order valence-electron chi connectivity index (χ4n) is 3.45. The van der Waals surface area contributed by atoms with Crippen molar-refractivity contribution in [1.29, 1.82) is 0 Å². The second kappa shape index (κ2) is 7.51. The predicted octanol–water partition coefficient (Wildman–Crippen LogP) is 2.48. The van der Waals surface area contributed by atoms with Gasteiger partial charge in [0.1, 0.15) is 0 Å². The summed E-state index contributed by atoms with van der Waals surface area (Å²) in [6, 6.07) is 10.7. The predicted molar refractivity (Wildman–Crippen MR) is 96.0 cm³/mol. The number of nitrogens with zero attached hydrogens (tertiary/aromatic N) is 4. The summed E-state index contributed by atoms with van der Waals surface area (Å²) in [5.41, 5.74) is 2.33. The Labute approximate surface area is 143 Å². The highest BCUT2D eigenvalue weighted by atomic mass is 16.2. The maximum atomic E-state index is 12.6. The molecule has 2 heterocycles. The topological polar surface area (TPSA) is 41.4 Å². The van der Waals surface area contributed by atoms with Crippen LogP contribution in [0.5, 0.6) is 0 Å². The van der Waals surface area contributed by atoms with Crippen molar-refractivity contribution in [2.75, 3.05) is 25.0 Å². The maximum absolute atomic E-state index is 12.6. The number of likely N-dealkylation sites (tertiary alicyclic amines) is 1. The van der Waals surface area contributed by atoms with Crippen LogP contribution in [0.15, 0.2) is 42.7 Å². The van der Waals surface area contributed by atoms with E-state index in [0.29, 0.717) is 12.5 Å². The van der Waals surface area contributed by atoms with E-state index in [2.05, 4.69) is 46.2 Å². The molecule has 0 saturated carbocycles. The molecule has 1 fully saturated rings. The van der Waals surface area contributed by atoms with Crippen molar-refractivity contribution in [3.8, 4) is 0 Å². The Morgan fingerprint density at radius 1 is 1.33 bits per heavy atom. The van der Waals surface area contributed by atoms with Crippen LogP contribution in [0.2, 0.25) is 0 Å². The Hall–Kier alpha value is -2.30. The Kier molecular flexibility index (Phi) is 5.18. The molecule has 1 aromatic heterocycles. The zero-order chi connectivity index (χ0) is 16.9. The van der Waals surface area contributed by atoms with Crippen molar-refractivity contribution < 1.29 is 4.79 Å². The van der Waals surface area contributed by atoms with Crippen LogP contribution in [-0.2, 0) is 18.3 Å². The zero-order valence-electron chi connectivity index (χ0n) is 14.6. The molecule has 1 saturated heterocycles. The number of rotatable bonds is 6. The van der Waals surface area contributed by atoms with Gasteiger partial charge in [0.25, 0.3) is 0 Å². The Bertz CT molecular complexity index is 667. The summed E-state index contributed by atoms with van der Waals surface area (Å²) in [6.07, 6.45) is 7.36. The third kappa shape index (κ3) is 3.96. The van der Waals surface area contributed by atoms with Crippen molar-refractivity contribution >= 4 is 11.6 Å². The zero-order valence-corrected chi connectivity index (χ0v) is 14.6. The van der Waals surface area contributed by atoms with Crippen LogP contribution >= 0.6 is 0 Å². The van der Waals surface area contributed by atoms with Crippen molar-refractivity contribution in [1.82, 2.24) is 14.7 Å². The number of aryl methyl sites for hydroxylation is 2. The van der Waals surface area contributed by atoms with Crippen molar-refractivity contribution in [2.45, 2.75) is 31.7 Å². The Balaban J connectivity index is 1.55. The minimum absolute atomic E-state index is 0.266. The molecule has 1 unspecified atom stereocenters. The fraction of sp³-hybridized carbons (Fsp3) is 0.474. The summed E-state index contributed by atoms with van der Waals surface area (Å²) in [6.45, 7) is 1.78. The van der Waals surface area contributed by atoms with Crippen molar-refractivity contribution in [2.24, 2.45) is 7.05 Å². The summed E-state index contributed by atoms with van der Waals surface area (Å²) in [5.74, 6) is 0.266. The number of carbonyl (C=O) groups excluding carboxylic acids is 1. The first-order valence-electron chi connectivity index (χ1n) is 8.66. The molecule has 3 rings (SSSR count). The van der Waals surface area contributed by atoms with Crippen LogP contribution in [0.4, 0.5) is 5.69 Å². The Morgan fingerprint density at radius 2 is 2.12 bits per heavy atom. The van der Waals surface area contributed by atoms with Gasteiger partial charge in [0.15, 0.2) is 0 Å². The number of likely N-dealkylation sites (N-methyl/N-ethyl adjacent to an activating group) is 1. The fourth-order valence-corrected chi connectivity index (χ4v) is 3.45. The second-order valence-electron chi connectivity index (χ2n) is 6.62. The summed E-state index contributed by atoms with van der Waals surface area (Å²) < 4.78 is 1.79. The summed E-state index contributed by atoms with van der Waals surface area (Å²) in [5, 5.41) is 4.17. The van der Waals surface area contributed by atoms with E-state index in [1.807, 2.05) is 25.5 Å². The molecule has 1 aliphatic rings. The molecule has 1 atom stereocenters. The maximum Gasteiger partial charge on any atom is 0.223 e. The molecule has 0 bridgehead atoms. The van der Waals surface area contributed by atoms with E-state index in [-0.39, 0.29) is 5.91 Å². The highest BCUT2D eigenvalue weighted by molar-refractivity contribution is 5.77. The number of aromatic nitrogens is 2. The lowest BCUT2D eigenvalue weighted by atomic mass is 10.1. The number of hydrogen-bond acceptors (Lipinski definition) is 3. The van der Waals surface area contributed by atoms with Gasteiger partial charge in [-0.3, -0.25) is 9.48 Å². The van der Waals surface area contributed by atoms with Gasteiger partial charge in [-0.25, -0.2) is 0 Å². The van der Waals surface area contributed by atoms with Gasteiger partial charge >= 0.3 is 0 Å². The first-order valence-corrected chi connectivity index (χ1v) is 8.66. The minimum Gasteiger partial charge on any atom is -0.373 e. The van der Waals surface area contributed by atoms with Gasteiger partial charge in [-0.1, -0.05) is 18.2 Å². The molecule has 1 aliphatic heterocycles. The molecule has 0 N–H and O–H groups in total. The first kappa shape index (κ1) is 16.6. The van der Waals surface area contributed by atoms with Gasteiger partial charge in [0.05, 0.1) is 6.20 Å². The molecule has 0 spiro atoms. The van der Waals surface area contributed by atoms with Gasteiger partial charge in [0.2, 0.25) is 5.91 Å². The monoisotopic (exact) mass is 326 g/mol. The van der Waals surface area contributed by atoms with E-state index >= 15 is 0 Å². The van der Waals surface area contributed by atoms with Crippen LogP contribution in [0.1, 0.15) is 24.8 Å². The average Bonchev–Trinajstić information content (AvgIpc) is 3.22. The molecule has 128 valence electrons. The van der Waals surface area contributed by atoms with E-state index in [9.17, 15) is 4.79 Å². The standard InChI is InChI=1S/C19H26N4O/c1-21(17-7-4-3-5-8-17)15-18-9-6-12-23(18)19(24)11-10-16-13-20-22(2)14-16/h3-5,7-8,13-14,18H,6,9-12,15H2,1-2H3. The number of carbonyl (C=O) groups is 1. The lowest BCUT2D eigenvalue weighted by molar-refractivity contribution is -0.131. The molecular formula is C19H26N4O. The molecule has 24 heavy (non-hydrogen) atoms. The molecule has 5 heteroatoms. The van der Waals surface area contributed by atoms with E-state index in [1.54, 1.807) is 4.68 Å². The number of amides is 1. The lowest BCUT2D eigenvalue weighted by Gasteiger charge is -2.30. The van der Waals surface area contributed by atoms with E-state index in [1.165, 1.54) is 5.69 Å². The molecule has 2 aromatic rings. The third-order valence-corrected chi connectivity index (χ3v) is 4.76. The second-order valence-corrected chi connectivity index (χ2v) is 6.62. The molecule has 1 amide bonds. The summed E-state index contributed by atoms with van der Waals surface area (Å²) in [4.78, 5) is 17.0. The van der Waals surface area contributed by atoms with Gasteiger partial charge in [0, 0.05) is 51.5 Å². The number of benzene rings is 1. The van der Waals surface area contributed by atoms with Crippen molar-refractivity contribution in [3.63, 3.8) is 0 Å². The van der Waals surface area contributed by atoms with Gasteiger partial charge in [-0.15, -0.1) is 0 Å². The van der Waals surface area contributed by atoms with Crippen molar-refractivity contribution in [3.05, 3.63) is 48.3 Å². The lowest BCUT2D eigenvalue weighted by Crippen LogP contribution is -2.42. The van der Waals surface area contributed by atoms with E-state index in [0.717, 1.165) is 37.9 Å². The molecule has 5 nitrogen and oxygen atoms in total. The molecule has 0 radical (unpaired) electrons. The number of hydrogen-bond donors (Lipinski definition) is 0. The van der Waals surface area contributed by atoms with Crippen LogP contribution < -0.4 is 4.90 Å². The highest BCUT2D eigenvalue weighted by Gasteiger charge is 2.29. The van der Waals surface area contributed by atoms with Gasteiger partial charge in [-0.05, 0) is 37.0 Å². The molecule has 0 aliphatic carbocycles. The van der Waals surface area contributed by atoms with Gasteiger partial charge < -0.3 is 9.80 Å². The van der Waals surface area contributed by atoms with Crippen LogP contribution in [0.25, 0.3) is 0 Å². The minimum atomic E-state index is 0.266. The quantitative estimate of drug-likeness (QED) is 0.819. The van der Waals surface area contributed by atoms with Crippen LogP contribution in [0, 0.1) is 0 Å². The number of para-hydroxylation sites is 1. The normalized spacial score (nSPS) is 17.2. The summed E-state index contributed by atoms with van der Waals surface area (Å²) in [7, 11) is 4.01. The third-order valence-electron chi connectivity index (χ3n) is 4.76. The molecule has 1 aromatic carbocycles. The largest absolute Gasteiger partial charge is 0.373 e. The van der Waals surface area contributed by atoms with E-state index in [4.69, 9.17) is 0 Å². The smallest absolute Gasteiger partial charge is 0.223 e. The number of anilines is 1. The molecular weight excluding hydrogens is 300 g/mol. The average molecular weight is 326 g/mol. The summed E-state index contributed by atoms with van der Waals surface area (Å²) >= 11 is 0. The highest BCUT2D eigenvalue weighted by Crippen LogP contribution is 2.22. The Morgan fingerprint density at radius 3 is 2.83 bits per heavy atom. The first-order chi connectivity index (χ1) is 11.6. The van der Waals surface area contributed by atoms with E-state index < -0.39 is 0 Å². The van der Waals surface area contributed by atoms with Gasteiger partial charge in [-0.2, -0.15) is 5.10 Å². The van der Waals surface area contributed by atoms with Crippen LogP contribution in [0.3, 0.4) is 0 Å². The SMILES string of the molecule is CN(CC1CCCN1C(=O)CCc1cnn(C)c1)c1ccccc1. The van der Waals surface area contributed by atoms with Crippen LogP contribution in [-0.4, -0.2) is 46.8 Å².